The number of nitrogens with one attached hydrogen (secondary N) is 1. The van der Waals surface area contributed by atoms with E-state index in [9.17, 15) is 9.18 Å². The van der Waals surface area contributed by atoms with Gasteiger partial charge >= 0.3 is 0 Å². The summed E-state index contributed by atoms with van der Waals surface area (Å²) in [4.78, 5) is 19.7. The van der Waals surface area contributed by atoms with E-state index < -0.39 is 19.5 Å². The molecule has 0 aliphatic carbocycles. The molecule has 4 rings (SSSR count). The number of H-pyrrole nitrogens is 1. The summed E-state index contributed by atoms with van der Waals surface area (Å²) < 4.78 is 22.0. The highest BCUT2D eigenvalue weighted by molar-refractivity contribution is 6.99. The normalized spacial score (nSPS) is 12.8. The Hall–Kier alpha value is -2.80. The number of benzene rings is 2. The molecule has 0 fully saturated rings. The number of hydrogen-bond acceptors (Lipinski definition) is 3. The van der Waals surface area contributed by atoms with Crippen LogP contribution in [0.2, 0.25) is 10.2 Å². The van der Waals surface area contributed by atoms with Crippen LogP contribution in [0.3, 0.4) is 0 Å². The summed E-state index contributed by atoms with van der Waals surface area (Å²) in [6.45, 7) is 13.1. The molecule has 37 heavy (non-hydrogen) atoms. The SMILES string of the molecule is Cc1c(C(C)(C)CCO[Si](c2ccccc2)(c2ccccc2)C(C)(C)C)[nH]c(=O)c2cnc(Cl)c(F)c12. The van der Waals surface area contributed by atoms with Crippen molar-refractivity contribution in [1.29, 1.82) is 0 Å². The topological polar surface area (TPSA) is 55.0 Å². The molecule has 4 aromatic rings. The predicted molar refractivity (Wildman–Crippen MR) is 153 cm³/mol. The number of nitrogens with zero attached hydrogens (tertiary/aromatic N) is 1. The molecular formula is C30H34ClFN2O2Si. The molecule has 2 aromatic heterocycles. The fraction of sp³-hybridized carbons (Fsp3) is 0.333. The smallest absolute Gasteiger partial charge is 0.261 e. The molecule has 0 bridgehead atoms. The molecule has 4 nitrogen and oxygen atoms in total. The zero-order valence-corrected chi connectivity index (χ0v) is 24.0. The van der Waals surface area contributed by atoms with Crippen molar-refractivity contribution in [3.05, 3.63) is 99.4 Å². The third-order valence-electron chi connectivity index (χ3n) is 7.35. The summed E-state index contributed by atoms with van der Waals surface area (Å²) in [6, 6.07) is 21.0. The minimum absolute atomic E-state index is 0.139. The first-order chi connectivity index (χ1) is 17.4. The molecule has 0 atom stereocenters. The largest absolute Gasteiger partial charge is 0.407 e. The highest BCUT2D eigenvalue weighted by Gasteiger charge is 2.50. The summed E-state index contributed by atoms with van der Waals surface area (Å²) in [5, 5.41) is 2.47. The number of fused-ring (bicyclic) bond motifs is 1. The standard InChI is InChI=1S/C30H34ClFN2O2Si/c1-20-24-23(19-33-27(31)25(24)32)28(35)34-26(20)30(5,6)17-18-36-37(29(2,3)4,21-13-9-7-10-14-21)22-15-11-8-12-16-22/h7-16,19H,17-18H2,1-6H3,(H,34,35). The lowest BCUT2D eigenvalue weighted by Crippen LogP contribution is -2.66. The van der Waals surface area contributed by atoms with Crippen LogP contribution in [0.25, 0.3) is 10.8 Å². The van der Waals surface area contributed by atoms with Gasteiger partial charge in [-0.1, -0.05) is 107 Å². The fourth-order valence-electron chi connectivity index (χ4n) is 5.42. The maximum atomic E-state index is 15.0. The van der Waals surface area contributed by atoms with Crippen LogP contribution in [-0.4, -0.2) is 24.9 Å². The van der Waals surface area contributed by atoms with Crippen molar-refractivity contribution in [3.63, 3.8) is 0 Å². The average Bonchev–Trinajstić information content (AvgIpc) is 2.86. The van der Waals surface area contributed by atoms with Gasteiger partial charge in [0.1, 0.15) is 0 Å². The van der Waals surface area contributed by atoms with E-state index in [1.807, 2.05) is 32.9 Å². The Kier molecular flexibility index (Phi) is 7.48. The molecule has 0 saturated carbocycles. The zero-order chi connectivity index (χ0) is 27.0. The molecule has 0 unspecified atom stereocenters. The number of aromatic amines is 1. The first-order valence-corrected chi connectivity index (χ1v) is 14.8. The number of aryl methyl sites for hydroxylation is 1. The molecule has 0 radical (unpaired) electrons. The van der Waals surface area contributed by atoms with Crippen molar-refractivity contribution in [3.8, 4) is 0 Å². The monoisotopic (exact) mass is 536 g/mol. The van der Waals surface area contributed by atoms with Gasteiger partial charge in [-0.2, -0.15) is 0 Å². The number of hydrogen-bond donors (Lipinski definition) is 1. The Bertz CT molecular complexity index is 1430. The van der Waals surface area contributed by atoms with E-state index in [0.717, 1.165) is 0 Å². The van der Waals surface area contributed by atoms with Crippen molar-refractivity contribution >= 4 is 41.1 Å². The van der Waals surface area contributed by atoms with Gasteiger partial charge in [0.15, 0.2) is 11.0 Å². The summed E-state index contributed by atoms with van der Waals surface area (Å²) >= 11 is 5.96. The van der Waals surface area contributed by atoms with E-state index in [1.54, 1.807) is 0 Å². The lowest BCUT2D eigenvalue weighted by Gasteiger charge is -2.43. The van der Waals surface area contributed by atoms with Gasteiger partial charge in [0.25, 0.3) is 13.9 Å². The van der Waals surface area contributed by atoms with Crippen LogP contribution in [0.15, 0.2) is 71.7 Å². The summed E-state index contributed by atoms with van der Waals surface area (Å²) in [7, 11) is -2.69. The first-order valence-electron chi connectivity index (χ1n) is 12.5. The van der Waals surface area contributed by atoms with Crippen LogP contribution in [0, 0.1) is 12.7 Å². The molecule has 2 heterocycles. The molecule has 2 aromatic carbocycles. The van der Waals surface area contributed by atoms with Gasteiger partial charge in [0.05, 0.1) is 5.39 Å². The molecule has 0 amide bonds. The lowest BCUT2D eigenvalue weighted by molar-refractivity contribution is 0.256. The minimum atomic E-state index is -2.69. The summed E-state index contributed by atoms with van der Waals surface area (Å²) in [6.07, 6.45) is 1.95. The number of rotatable bonds is 7. The van der Waals surface area contributed by atoms with Crippen molar-refractivity contribution in [2.45, 2.75) is 58.4 Å². The predicted octanol–water partition coefficient (Wildman–Crippen LogP) is 6.27. The van der Waals surface area contributed by atoms with E-state index in [-0.39, 0.29) is 26.5 Å². The van der Waals surface area contributed by atoms with Crippen LogP contribution < -0.4 is 15.9 Å². The molecule has 0 aliphatic rings. The van der Waals surface area contributed by atoms with Crippen LogP contribution >= 0.6 is 11.6 Å². The van der Waals surface area contributed by atoms with Crippen molar-refractivity contribution < 1.29 is 8.82 Å². The van der Waals surface area contributed by atoms with Crippen LogP contribution in [0.5, 0.6) is 0 Å². The molecule has 0 saturated heterocycles. The molecule has 0 spiro atoms. The molecule has 0 aliphatic heterocycles. The van der Waals surface area contributed by atoms with Crippen LogP contribution in [0.4, 0.5) is 4.39 Å². The second-order valence-electron chi connectivity index (χ2n) is 11.3. The number of pyridine rings is 2. The molecular weight excluding hydrogens is 503 g/mol. The van der Waals surface area contributed by atoms with Gasteiger partial charge in [0, 0.05) is 29.3 Å². The minimum Gasteiger partial charge on any atom is -0.407 e. The van der Waals surface area contributed by atoms with Gasteiger partial charge < -0.3 is 9.41 Å². The van der Waals surface area contributed by atoms with Gasteiger partial charge in [-0.3, -0.25) is 4.79 Å². The van der Waals surface area contributed by atoms with Crippen molar-refractivity contribution in [2.75, 3.05) is 6.61 Å². The molecule has 7 heteroatoms. The average molecular weight is 537 g/mol. The maximum absolute atomic E-state index is 15.0. The lowest BCUT2D eigenvalue weighted by atomic mass is 9.82. The van der Waals surface area contributed by atoms with Gasteiger partial charge in [-0.15, -0.1) is 0 Å². The zero-order valence-electron chi connectivity index (χ0n) is 22.3. The van der Waals surface area contributed by atoms with E-state index in [0.29, 0.717) is 24.3 Å². The Labute approximate surface area is 224 Å². The third-order valence-corrected chi connectivity index (χ3v) is 12.7. The van der Waals surface area contributed by atoms with E-state index in [2.05, 4.69) is 79.3 Å². The molecule has 194 valence electrons. The van der Waals surface area contributed by atoms with E-state index in [1.165, 1.54) is 16.6 Å². The van der Waals surface area contributed by atoms with Gasteiger partial charge in [-0.25, -0.2) is 9.37 Å². The fourth-order valence-corrected chi connectivity index (χ4v) is 10.1. The summed E-state index contributed by atoms with van der Waals surface area (Å²) in [5.74, 6) is -0.664. The van der Waals surface area contributed by atoms with Crippen LogP contribution in [-0.2, 0) is 9.84 Å². The van der Waals surface area contributed by atoms with Crippen LogP contribution in [0.1, 0.15) is 52.3 Å². The van der Waals surface area contributed by atoms with Gasteiger partial charge in [0.2, 0.25) is 0 Å². The Morgan fingerprint density at radius 1 is 0.973 bits per heavy atom. The second-order valence-corrected chi connectivity index (χ2v) is 15.9. The quantitative estimate of drug-likeness (QED) is 0.224. The third kappa shape index (κ3) is 4.90. The maximum Gasteiger partial charge on any atom is 0.261 e. The molecule has 1 N–H and O–H groups in total. The Morgan fingerprint density at radius 2 is 1.51 bits per heavy atom. The first kappa shape index (κ1) is 27.2. The Balaban J connectivity index is 1.74. The van der Waals surface area contributed by atoms with Crippen molar-refractivity contribution in [1.82, 2.24) is 9.97 Å². The van der Waals surface area contributed by atoms with Gasteiger partial charge in [-0.05, 0) is 34.3 Å². The van der Waals surface area contributed by atoms with E-state index >= 15 is 0 Å². The van der Waals surface area contributed by atoms with E-state index in [4.69, 9.17) is 16.0 Å². The Morgan fingerprint density at radius 3 is 2.03 bits per heavy atom. The second kappa shape index (κ2) is 10.2. The highest BCUT2D eigenvalue weighted by Crippen LogP contribution is 2.38. The van der Waals surface area contributed by atoms with Crippen molar-refractivity contribution in [2.24, 2.45) is 0 Å². The number of halogens is 2. The highest BCUT2D eigenvalue weighted by atomic mass is 35.5. The summed E-state index contributed by atoms with van der Waals surface area (Å²) in [5.41, 5.74) is 0.467. The number of aromatic nitrogens is 2.